The molecule has 26 heavy (non-hydrogen) atoms. The number of piperidine rings is 2. The van der Waals surface area contributed by atoms with Crippen LogP contribution in [0.4, 0.5) is 0 Å². The Morgan fingerprint density at radius 1 is 0.615 bits per heavy atom. The van der Waals surface area contributed by atoms with Crippen LogP contribution in [0.25, 0.3) is 0 Å². The minimum Gasteiger partial charge on any atom is -0.380 e. The first-order valence-corrected chi connectivity index (χ1v) is 10.4. The van der Waals surface area contributed by atoms with Gasteiger partial charge in [-0.25, -0.2) is 0 Å². The van der Waals surface area contributed by atoms with Crippen molar-refractivity contribution >= 4 is 0 Å². The molecule has 4 saturated heterocycles. The van der Waals surface area contributed by atoms with Gasteiger partial charge in [-0.15, -0.1) is 0 Å². The first-order chi connectivity index (χ1) is 12.7. The first kappa shape index (κ1) is 17.2. The molecule has 0 radical (unpaired) electrons. The number of ether oxygens (including phenoxy) is 2. The summed E-state index contributed by atoms with van der Waals surface area (Å²) in [5, 5.41) is 0. The molecule has 0 N–H and O–H groups in total. The van der Waals surface area contributed by atoms with E-state index in [-0.39, 0.29) is 0 Å². The van der Waals surface area contributed by atoms with Crippen LogP contribution in [0.1, 0.15) is 36.8 Å². The highest BCUT2D eigenvalue weighted by atomic mass is 16.5. The van der Waals surface area contributed by atoms with Crippen molar-refractivity contribution < 1.29 is 9.47 Å². The zero-order valence-electron chi connectivity index (χ0n) is 15.9. The van der Waals surface area contributed by atoms with Crippen molar-refractivity contribution in [2.24, 2.45) is 10.8 Å². The Balaban J connectivity index is 1.09. The molecule has 0 saturated carbocycles. The predicted molar refractivity (Wildman–Crippen MR) is 102 cm³/mol. The molecule has 4 fully saturated rings. The minimum absolute atomic E-state index is 0.541. The Kier molecular flexibility index (Phi) is 4.56. The Labute approximate surface area is 157 Å². The quantitative estimate of drug-likeness (QED) is 0.828. The third-order valence-electron chi connectivity index (χ3n) is 7.30. The SMILES string of the molecule is c1cc(CN2CCC3(CC2)COC3)ccc1CN1CCC2(CC1)COC2. The highest BCUT2D eigenvalue weighted by molar-refractivity contribution is 5.22. The summed E-state index contributed by atoms with van der Waals surface area (Å²) in [5.74, 6) is 0. The number of hydrogen-bond acceptors (Lipinski definition) is 4. The summed E-state index contributed by atoms with van der Waals surface area (Å²) in [7, 11) is 0. The van der Waals surface area contributed by atoms with E-state index >= 15 is 0 Å². The molecule has 0 aromatic heterocycles. The van der Waals surface area contributed by atoms with E-state index in [0.29, 0.717) is 10.8 Å². The number of likely N-dealkylation sites (tertiary alicyclic amines) is 2. The van der Waals surface area contributed by atoms with Crippen LogP contribution in [-0.4, -0.2) is 62.4 Å². The molecular formula is C22H32N2O2. The van der Waals surface area contributed by atoms with Crippen molar-refractivity contribution in [1.29, 1.82) is 0 Å². The maximum absolute atomic E-state index is 5.44. The Bertz CT molecular complexity index is 547. The van der Waals surface area contributed by atoms with Gasteiger partial charge in [-0.1, -0.05) is 24.3 Å². The van der Waals surface area contributed by atoms with Gasteiger partial charge in [0.1, 0.15) is 0 Å². The van der Waals surface area contributed by atoms with Crippen LogP contribution in [0.15, 0.2) is 24.3 Å². The smallest absolute Gasteiger partial charge is 0.0545 e. The lowest BCUT2D eigenvalue weighted by Gasteiger charge is -2.47. The van der Waals surface area contributed by atoms with Crippen molar-refractivity contribution in [2.45, 2.75) is 38.8 Å². The van der Waals surface area contributed by atoms with Crippen molar-refractivity contribution in [2.75, 3.05) is 52.6 Å². The molecule has 0 aliphatic carbocycles. The van der Waals surface area contributed by atoms with E-state index in [9.17, 15) is 0 Å². The molecule has 0 amide bonds. The summed E-state index contributed by atoms with van der Waals surface area (Å²) in [6.45, 7) is 11.1. The zero-order valence-corrected chi connectivity index (χ0v) is 15.9. The van der Waals surface area contributed by atoms with Crippen LogP contribution in [0.5, 0.6) is 0 Å². The molecule has 4 nitrogen and oxygen atoms in total. The van der Waals surface area contributed by atoms with Crippen molar-refractivity contribution in [3.8, 4) is 0 Å². The largest absolute Gasteiger partial charge is 0.380 e. The molecular weight excluding hydrogens is 324 g/mol. The molecule has 0 unspecified atom stereocenters. The molecule has 5 rings (SSSR count). The Morgan fingerprint density at radius 3 is 1.23 bits per heavy atom. The fourth-order valence-corrected chi connectivity index (χ4v) is 5.00. The molecule has 142 valence electrons. The van der Waals surface area contributed by atoms with Crippen molar-refractivity contribution in [3.63, 3.8) is 0 Å². The predicted octanol–water partition coefficient (Wildman–Crippen LogP) is 2.91. The fraction of sp³-hybridized carbons (Fsp3) is 0.727. The van der Waals surface area contributed by atoms with Crippen LogP contribution in [0, 0.1) is 10.8 Å². The summed E-state index contributed by atoms with van der Waals surface area (Å²) < 4.78 is 10.9. The lowest BCUT2D eigenvalue weighted by atomic mass is 9.77. The lowest BCUT2D eigenvalue weighted by molar-refractivity contribution is -0.140. The second kappa shape index (κ2) is 6.90. The normalized spacial score (nSPS) is 28.0. The molecule has 0 atom stereocenters. The van der Waals surface area contributed by atoms with Crippen molar-refractivity contribution in [1.82, 2.24) is 9.80 Å². The molecule has 4 heteroatoms. The Morgan fingerprint density at radius 2 is 0.962 bits per heavy atom. The molecule has 0 bridgehead atoms. The van der Waals surface area contributed by atoms with E-state index in [1.807, 2.05) is 0 Å². The van der Waals surface area contributed by atoms with Gasteiger partial charge in [-0.05, 0) is 63.0 Å². The van der Waals surface area contributed by atoms with Gasteiger partial charge in [0.25, 0.3) is 0 Å². The lowest BCUT2D eigenvalue weighted by Crippen LogP contribution is -2.50. The summed E-state index contributed by atoms with van der Waals surface area (Å²) in [6, 6.07) is 9.38. The van der Waals surface area contributed by atoms with E-state index in [2.05, 4.69) is 34.1 Å². The van der Waals surface area contributed by atoms with Gasteiger partial charge < -0.3 is 9.47 Å². The van der Waals surface area contributed by atoms with Crippen LogP contribution in [-0.2, 0) is 22.6 Å². The highest BCUT2D eigenvalue weighted by Gasteiger charge is 2.41. The number of nitrogens with zero attached hydrogens (tertiary/aromatic N) is 2. The van der Waals surface area contributed by atoms with E-state index in [4.69, 9.17) is 9.47 Å². The number of benzene rings is 1. The van der Waals surface area contributed by atoms with E-state index in [0.717, 1.165) is 39.5 Å². The van der Waals surface area contributed by atoms with Gasteiger partial charge in [0.2, 0.25) is 0 Å². The third kappa shape index (κ3) is 3.45. The summed E-state index contributed by atoms with van der Waals surface area (Å²) in [6.07, 6.45) is 5.25. The average Bonchev–Trinajstić information content (AvgIpc) is 2.62. The van der Waals surface area contributed by atoms with Gasteiger partial charge in [0, 0.05) is 23.9 Å². The van der Waals surface area contributed by atoms with E-state index in [1.54, 1.807) is 0 Å². The highest BCUT2D eigenvalue weighted by Crippen LogP contribution is 2.39. The maximum atomic E-state index is 5.44. The van der Waals surface area contributed by atoms with Gasteiger partial charge in [-0.3, -0.25) is 9.80 Å². The second-order valence-electron chi connectivity index (χ2n) is 9.35. The summed E-state index contributed by atoms with van der Waals surface area (Å²) >= 11 is 0. The average molecular weight is 357 g/mol. The number of hydrogen-bond donors (Lipinski definition) is 0. The topological polar surface area (TPSA) is 24.9 Å². The van der Waals surface area contributed by atoms with Gasteiger partial charge in [0.05, 0.1) is 26.4 Å². The zero-order chi connectivity index (χ0) is 17.5. The monoisotopic (exact) mass is 356 g/mol. The fourth-order valence-electron chi connectivity index (χ4n) is 5.00. The number of rotatable bonds is 4. The second-order valence-corrected chi connectivity index (χ2v) is 9.35. The van der Waals surface area contributed by atoms with E-state index < -0.39 is 0 Å². The van der Waals surface area contributed by atoms with Gasteiger partial charge in [0.15, 0.2) is 0 Å². The summed E-state index contributed by atoms with van der Waals surface area (Å²) in [4.78, 5) is 5.23. The van der Waals surface area contributed by atoms with Crippen LogP contribution in [0.2, 0.25) is 0 Å². The molecule has 1 aromatic rings. The molecule has 2 spiro atoms. The van der Waals surface area contributed by atoms with Gasteiger partial charge in [-0.2, -0.15) is 0 Å². The first-order valence-electron chi connectivity index (χ1n) is 10.4. The molecule has 4 aliphatic heterocycles. The van der Waals surface area contributed by atoms with Crippen LogP contribution in [0.3, 0.4) is 0 Å². The van der Waals surface area contributed by atoms with Crippen molar-refractivity contribution in [3.05, 3.63) is 35.4 Å². The maximum Gasteiger partial charge on any atom is 0.0545 e. The summed E-state index contributed by atoms with van der Waals surface area (Å²) in [5.41, 5.74) is 4.00. The molecule has 4 heterocycles. The van der Waals surface area contributed by atoms with Gasteiger partial charge >= 0.3 is 0 Å². The molecule has 1 aromatic carbocycles. The Hall–Kier alpha value is -0.940. The van der Waals surface area contributed by atoms with Crippen LogP contribution < -0.4 is 0 Å². The van der Waals surface area contributed by atoms with E-state index in [1.165, 1.54) is 63.0 Å². The van der Waals surface area contributed by atoms with Crippen LogP contribution >= 0.6 is 0 Å². The third-order valence-corrected chi connectivity index (χ3v) is 7.30. The standard InChI is InChI=1S/C22H32N2O2/c1-2-20(14-24-11-7-22(8-12-24)17-26-18-22)4-3-19(1)13-23-9-5-21(6-10-23)15-25-16-21/h1-4H,5-18H2. The minimum atomic E-state index is 0.541. The molecule has 4 aliphatic rings.